The third kappa shape index (κ3) is 3.04. The van der Waals surface area contributed by atoms with Gasteiger partial charge in [0.25, 0.3) is 0 Å². The summed E-state index contributed by atoms with van der Waals surface area (Å²) >= 11 is 0. The Labute approximate surface area is 103 Å². The van der Waals surface area contributed by atoms with Gasteiger partial charge < -0.3 is 15.5 Å². The number of aliphatic carboxylic acids is 1. The van der Waals surface area contributed by atoms with Crippen molar-refractivity contribution in [3.8, 4) is 0 Å². The zero-order valence-electron chi connectivity index (χ0n) is 10.0. The molecule has 0 amide bonds. The van der Waals surface area contributed by atoms with E-state index in [9.17, 15) is 19.1 Å². The molecule has 0 bridgehead atoms. The van der Waals surface area contributed by atoms with E-state index in [-0.39, 0.29) is 17.8 Å². The minimum Gasteiger partial charge on any atom is -0.479 e. The van der Waals surface area contributed by atoms with E-state index < -0.39 is 23.2 Å². The molecule has 0 aliphatic carbocycles. The quantitative estimate of drug-likeness (QED) is 0.690. The van der Waals surface area contributed by atoms with Gasteiger partial charge in [0.15, 0.2) is 11.4 Å². The Morgan fingerprint density at radius 2 is 2.06 bits per heavy atom. The first-order chi connectivity index (χ1) is 8.25. The summed E-state index contributed by atoms with van der Waals surface area (Å²) in [5, 5.41) is 20.8. The monoisotopic (exact) mass is 255 g/mol. The Kier molecular flexibility index (Phi) is 4.03. The number of halogens is 1. The molecule has 3 N–H and O–H groups in total. The lowest BCUT2D eigenvalue weighted by atomic mass is 10.1. The van der Waals surface area contributed by atoms with Crippen molar-refractivity contribution in [3.63, 3.8) is 0 Å². The molecule has 6 heteroatoms. The van der Waals surface area contributed by atoms with E-state index >= 15 is 0 Å². The van der Waals surface area contributed by atoms with Crippen LogP contribution in [0.1, 0.15) is 24.2 Å². The highest BCUT2D eigenvalue weighted by molar-refractivity contribution is 5.99. The van der Waals surface area contributed by atoms with Crippen molar-refractivity contribution in [2.45, 2.75) is 19.4 Å². The normalized spacial score (nSPS) is 13.8. The van der Waals surface area contributed by atoms with Crippen molar-refractivity contribution < 1.29 is 24.2 Å². The van der Waals surface area contributed by atoms with Crippen molar-refractivity contribution in [2.24, 2.45) is 0 Å². The molecule has 98 valence electrons. The molecule has 0 heterocycles. The summed E-state index contributed by atoms with van der Waals surface area (Å²) in [5.74, 6) is -2.58. The lowest BCUT2D eigenvalue weighted by molar-refractivity contribution is -0.155. The molecule has 0 radical (unpaired) electrons. The van der Waals surface area contributed by atoms with Crippen molar-refractivity contribution in [1.29, 1.82) is 0 Å². The largest absolute Gasteiger partial charge is 0.479 e. The van der Waals surface area contributed by atoms with Crippen LogP contribution >= 0.6 is 0 Å². The van der Waals surface area contributed by atoms with Crippen LogP contribution in [0.15, 0.2) is 18.2 Å². The lowest BCUT2D eigenvalue weighted by Gasteiger charge is -2.20. The first kappa shape index (κ1) is 14.1. The number of anilines is 1. The zero-order chi connectivity index (χ0) is 13.9. The van der Waals surface area contributed by atoms with E-state index in [1.54, 1.807) is 0 Å². The van der Waals surface area contributed by atoms with Gasteiger partial charge in [0, 0.05) is 5.69 Å². The van der Waals surface area contributed by atoms with E-state index in [4.69, 9.17) is 5.11 Å². The molecule has 0 saturated heterocycles. The fourth-order valence-electron chi connectivity index (χ4n) is 1.37. The van der Waals surface area contributed by atoms with Crippen LogP contribution in [0.5, 0.6) is 0 Å². The third-order valence-corrected chi connectivity index (χ3v) is 2.45. The molecule has 0 spiro atoms. The van der Waals surface area contributed by atoms with Gasteiger partial charge in [-0.25, -0.2) is 9.18 Å². The number of aliphatic hydroxyl groups is 1. The zero-order valence-corrected chi connectivity index (χ0v) is 10.0. The highest BCUT2D eigenvalue weighted by Gasteiger charge is 2.30. The molecule has 1 rings (SSSR count). The summed E-state index contributed by atoms with van der Waals surface area (Å²) in [6.07, 6.45) is 0. The summed E-state index contributed by atoms with van der Waals surface area (Å²) in [4.78, 5) is 22.0. The SMILES string of the molecule is CC(=O)c1c(F)cccc1NC[C@](C)(O)C(=O)O. The highest BCUT2D eigenvalue weighted by atomic mass is 19.1. The standard InChI is InChI=1S/C12H14FNO4/c1-7(15)10-8(13)4-3-5-9(10)14-6-12(2,18)11(16)17/h3-5,14,18H,6H2,1-2H3,(H,16,17)/t12-/m0/s1. The minimum absolute atomic E-state index is 0.154. The first-order valence-electron chi connectivity index (χ1n) is 5.25. The van der Waals surface area contributed by atoms with E-state index in [1.165, 1.54) is 19.1 Å². The van der Waals surface area contributed by atoms with Crippen LogP contribution in [-0.2, 0) is 4.79 Å². The molecule has 1 aromatic carbocycles. The number of nitrogens with one attached hydrogen (secondary N) is 1. The van der Waals surface area contributed by atoms with Gasteiger partial charge >= 0.3 is 5.97 Å². The van der Waals surface area contributed by atoms with Crippen LogP contribution in [0.3, 0.4) is 0 Å². The number of Topliss-reactive ketones (excluding diaryl/α,β-unsaturated/α-hetero) is 1. The van der Waals surface area contributed by atoms with Crippen molar-refractivity contribution in [1.82, 2.24) is 0 Å². The molecule has 0 fully saturated rings. The number of ketones is 1. The van der Waals surface area contributed by atoms with Gasteiger partial charge in [-0.05, 0) is 26.0 Å². The molecule has 5 nitrogen and oxygen atoms in total. The summed E-state index contributed by atoms with van der Waals surface area (Å²) in [6.45, 7) is 1.97. The number of rotatable bonds is 5. The maximum Gasteiger partial charge on any atom is 0.337 e. The molecule has 0 unspecified atom stereocenters. The van der Waals surface area contributed by atoms with Crippen LogP contribution in [0.25, 0.3) is 0 Å². The molecule has 0 aromatic heterocycles. The van der Waals surface area contributed by atoms with Crippen LogP contribution < -0.4 is 5.32 Å². The number of carbonyl (C=O) groups is 2. The highest BCUT2D eigenvalue weighted by Crippen LogP contribution is 2.20. The van der Waals surface area contributed by atoms with E-state index in [0.29, 0.717) is 0 Å². The molecule has 1 atom stereocenters. The molecule has 0 aliphatic heterocycles. The maximum atomic E-state index is 13.4. The fraction of sp³-hybridized carbons (Fsp3) is 0.333. The Balaban J connectivity index is 2.96. The average molecular weight is 255 g/mol. The summed E-state index contributed by atoms with van der Waals surface area (Å²) < 4.78 is 13.4. The van der Waals surface area contributed by atoms with Crippen molar-refractivity contribution in [3.05, 3.63) is 29.6 Å². The van der Waals surface area contributed by atoms with Gasteiger partial charge in [0.1, 0.15) is 5.82 Å². The molecule has 0 aliphatic rings. The van der Waals surface area contributed by atoms with Gasteiger partial charge in [-0.2, -0.15) is 0 Å². The molecule has 0 saturated carbocycles. The number of benzene rings is 1. The predicted octanol–water partition coefficient (Wildman–Crippen LogP) is 1.28. The van der Waals surface area contributed by atoms with Gasteiger partial charge in [0.2, 0.25) is 0 Å². The predicted molar refractivity (Wildman–Crippen MR) is 63.2 cm³/mol. The van der Waals surface area contributed by atoms with Gasteiger partial charge in [-0.15, -0.1) is 0 Å². The Hall–Kier alpha value is -1.95. The second-order valence-electron chi connectivity index (χ2n) is 4.15. The Bertz CT molecular complexity index is 485. The first-order valence-corrected chi connectivity index (χ1v) is 5.25. The second kappa shape index (κ2) is 5.14. The summed E-state index contributed by atoms with van der Waals surface area (Å²) in [5.41, 5.74) is -2.00. The fourth-order valence-corrected chi connectivity index (χ4v) is 1.37. The third-order valence-electron chi connectivity index (χ3n) is 2.45. The number of hydrogen-bond acceptors (Lipinski definition) is 4. The molecule has 18 heavy (non-hydrogen) atoms. The van der Waals surface area contributed by atoms with Crippen molar-refractivity contribution in [2.75, 3.05) is 11.9 Å². The minimum atomic E-state index is -2.00. The van der Waals surface area contributed by atoms with Crippen LogP contribution in [0.4, 0.5) is 10.1 Å². The maximum absolute atomic E-state index is 13.4. The van der Waals surface area contributed by atoms with E-state index in [0.717, 1.165) is 13.0 Å². The average Bonchev–Trinajstić information content (AvgIpc) is 2.25. The summed E-state index contributed by atoms with van der Waals surface area (Å²) in [7, 11) is 0. The Morgan fingerprint density at radius 1 is 1.44 bits per heavy atom. The van der Waals surface area contributed by atoms with Crippen molar-refractivity contribution >= 4 is 17.4 Å². The van der Waals surface area contributed by atoms with E-state index in [2.05, 4.69) is 5.32 Å². The number of hydrogen-bond donors (Lipinski definition) is 3. The van der Waals surface area contributed by atoms with Gasteiger partial charge in [-0.3, -0.25) is 4.79 Å². The van der Waals surface area contributed by atoms with Gasteiger partial charge in [0.05, 0.1) is 12.1 Å². The number of carboxylic acids is 1. The van der Waals surface area contributed by atoms with Crippen LogP contribution in [0, 0.1) is 5.82 Å². The van der Waals surface area contributed by atoms with Crippen LogP contribution in [-0.4, -0.2) is 34.1 Å². The number of carbonyl (C=O) groups excluding carboxylic acids is 1. The number of carboxylic acid groups (broad SMARTS) is 1. The molecular formula is C12H14FNO4. The Morgan fingerprint density at radius 3 is 2.56 bits per heavy atom. The van der Waals surface area contributed by atoms with Gasteiger partial charge in [-0.1, -0.05) is 6.07 Å². The topological polar surface area (TPSA) is 86.6 Å². The lowest BCUT2D eigenvalue weighted by Crippen LogP contribution is -2.42. The van der Waals surface area contributed by atoms with Crippen LogP contribution in [0.2, 0.25) is 0 Å². The molecular weight excluding hydrogens is 241 g/mol. The second-order valence-corrected chi connectivity index (χ2v) is 4.15. The van der Waals surface area contributed by atoms with E-state index in [1.807, 2.05) is 0 Å². The molecule has 1 aromatic rings. The smallest absolute Gasteiger partial charge is 0.337 e. The summed E-state index contributed by atoms with van der Waals surface area (Å²) in [6, 6.07) is 3.97.